The van der Waals surface area contributed by atoms with E-state index in [1.54, 1.807) is 18.2 Å². The Labute approximate surface area is 203 Å². The highest BCUT2D eigenvalue weighted by Crippen LogP contribution is 2.37. The monoisotopic (exact) mass is 468 g/mol. The van der Waals surface area contributed by atoms with E-state index in [9.17, 15) is 9.90 Å². The van der Waals surface area contributed by atoms with E-state index in [1.165, 1.54) is 6.34 Å². The number of carbonyl (C=O) groups is 1. The molecule has 178 valence electrons. The third kappa shape index (κ3) is 4.69. The first-order valence-corrected chi connectivity index (χ1v) is 11.5. The highest BCUT2D eigenvalue weighted by molar-refractivity contribution is 6.07. The van der Waals surface area contributed by atoms with Crippen LogP contribution in [0, 0.1) is 0 Å². The molecule has 0 atom stereocenters. The number of amides is 1. The minimum atomic E-state index is -1.49. The van der Waals surface area contributed by atoms with Crippen molar-refractivity contribution in [1.82, 2.24) is 14.9 Å². The van der Waals surface area contributed by atoms with Crippen LogP contribution in [0.15, 0.2) is 88.8 Å². The standard InChI is InChI=1S/C27H28N6O2/c1-3-29-18-30-26(28)32-24(34)19-15-16-22-23(17-19)33(4-2)25(31-22)27(35,20-11-7-5-8-12-20)21-13-9-6-10-14-21/h5-18,35H,3-4H2,1-2H3,(H3,28,29,30,32,34). The Hall–Kier alpha value is -4.30. The van der Waals surface area contributed by atoms with Crippen molar-refractivity contribution in [2.45, 2.75) is 26.0 Å². The van der Waals surface area contributed by atoms with Gasteiger partial charge in [-0.05, 0) is 43.2 Å². The average molecular weight is 469 g/mol. The van der Waals surface area contributed by atoms with E-state index in [2.05, 4.69) is 15.3 Å². The summed E-state index contributed by atoms with van der Waals surface area (Å²) in [7, 11) is 0. The van der Waals surface area contributed by atoms with Gasteiger partial charge in [-0.3, -0.25) is 15.1 Å². The highest BCUT2D eigenvalue weighted by Gasteiger charge is 2.38. The number of rotatable bonds is 7. The maximum Gasteiger partial charge on any atom is 0.258 e. The predicted octanol–water partition coefficient (Wildman–Crippen LogP) is 3.43. The summed E-state index contributed by atoms with van der Waals surface area (Å²) < 4.78 is 1.93. The molecule has 8 nitrogen and oxygen atoms in total. The van der Waals surface area contributed by atoms with Gasteiger partial charge in [-0.15, -0.1) is 0 Å². The lowest BCUT2D eigenvalue weighted by Gasteiger charge is -2.29. The molecule has 0 saturated carbocycles. The maximum atomic E-state index is 12.8. The summed E-state index contributed by atoms with van der Waals surface area (Å²) in [6, 6.07) is 24.1. The van der Waals surface area contributed by atoms with Crippen molar-refractivity contribution in [3.8, 4) is 0 Å². The Morgan fingerprint density at radius 1 is 1.06 bits per heavy atom. The quantitative estimate of drug-likeness (QED) is 0.284. The minimum Gasteiger partial charge on any atom is -0.373 e. The molecule has 4 N–H and O–H groups in total. The van der Waals surface area contributed by atoms with Gasteiger partial charge < -0.3 is 15.4 Å². The largest absolute Gasteiger partial charge is 0.373 e. The number of fused-ring (bicyclic) bond motifs is 1. The number of hydrogen-bond acceptors (Lipinski definition) is 4. The molecule has 1 aromatic heterocycles. The molecular weight excluding hydrogens is 440 g/mol. The van der Waals surface area contributed by atoms with E-state index in [0.717, 1.165) is 5.52 Å². The molecule has 0 fully saturated rings. The first-order valence-electron chi connectivity index (χ1n) is 11.5. The summed E-state index contributed by atoms with van der Waals surface area (Å²) in [4.78, 5) is 25.5. The number of carbonyl (C=O) groups excluding carboxylic acids is 1. The van der Waals surface area contributed by atoms with Gasteiger partial charge in [0.1, 0.15) is 6.34 Å². The molecule has 0 unspecified atom stereocenters. The molecule has 0 aliphatic heterocycles. The second-order valence-corrected chi connectivity index (χ2v) is 7.91. The van der Waals surface area contributed by atoms with Crippen LogP contribution in [0.3, 0.4) is 0 Å². The number of aryl methyl sites for hydroxylation is 1. The summed E-state index contributed by atoms with van der Waals surface area (Å²) in [5, 5.41) is 14.8. The SMILES string of the molecule is CCN=CN=C(N)NC(=O)c1ccc2nc(C(O)(c3ccccc3)c3ccccc3)n(CC)c2c1. The Morgan fingerprint density at radius 2 is 1.69 bits per heavy atom. The van der Waals surface area contributed by atoms with Crippen molar-refractivity contribution in [3.63, 3.8) is 0 Å². The number of nitrogens with zero attached hydrogens (tertiary/aromatic N) is 4. The van der Waals surface area contributed by atoms with Crippen LogP contribution in [0.1, 0.15) is 41.2 Å². The van der Waals surface area contributed by atoms with Crippen LogP contribution in [0.4, 0.5) is 0 Å². The van der Waals surface area contributed by atoms with Crippen molar-refractivity contribution < 1.29 is 9.90 Å². The fourth-order valence-electron chi connectivity index (χ4n) is 4.05. The molecule has 0 aliphatic rings. The van der Waals surface area contributed by atoms with Crippen molar-refractivity contribution in [1.29, 1.82) is 0 Å². The number of nitrogens with two attached hydrogens (primary N) is 1. The normalized spacial score (nSPS) is 12.4. The van der Waals surface area contributed by atoms with Crippen LogP contribution in [0.2, 0.25) is 0 Å². The Morgan fingerprint density at radius 3 is 2.26 bits per heavy atom. The van der Waals surface area contributed by atoms with Crippen molar-refractivity contribution >= 4 is 29.2 Å². The third-order valence-corrected chi connectivity index (χ3v) is 5.74. The molecule has 1 amide bonds. The number of guanidine groups is 1. The Bertz CT molecular complexity index is 1340. The van der Waals surface area contributed by atoms with Crippen LogP contribution in [-0.4, -0.2) is 39.4 Å². The molecule has 0 saturated heterocycles. The molecule has 0 spiro atoms. The van der Waals surface area contributed by atoms with Gasteiger partial charge in [-0.25, -0.2) is 9.98 Å². The van der Waals surface area contributed by atoms with Gasteiger partial charge in [0.2, 0.25) is 5.96 Å². The lowest BCUT2D eigenvalue weighted by molar-refractivity contribution is 0.0977. The van der Waals surface area contributed by atoms with Crippen LogP contribution >= 0.6 is 0 Å². The molecular formula is C27H28N6O2. The molecule has 4 aromatic rings. The molecule has 0 bridgehead atoms. The fraction of sp³-hybridized carbons (Fsp3) is 0.185. The van der Waals surface area contributed by atoms with Gasteiger partial charge in [0.05, 0.1) is 11.0 Å². The lowest BCUT2D eigenvalue weighted by Crippen LogP contribution is -2.36. The maximum absolute atomic E-state index is 12.8. The van der Waals surface area contributed by atoms with Gasteiger partial charge in [0, 0.05) is 18.7 Å². The minimum absolute atomic E-state index is 0.0421. The van der Waals surface area contributed by atoms with Crippen LogP contribution in [0.5, 0.6) is 0 Å². The molecule has 3 aromatic carbocycles. The molecule has 0 radical (unpaired) electrons. The number of imidazole rings is 1. The number of nitrogens with one attached hydrogen (secondary N) is 1. The number of hydrogen-bond donors (Lipinski definition) is 3. The van der Waals surface area contributed by atoms with Crippen molar-refractivity contribution in [3.05, 3.63) is 101 Å². The second kappa shape index (κ2) is 10.3. The first kappa shape index (κ1) is 23.8. The number of aliphatic hydroxyl groups is 1. The van der Waals surface area contributed by atoms with Gasteiger partial charge in [0.25, 0.3) is 5.91 Å². The van der Waals surface area contributed by atoms with Gasteiger partial charge in [-0.2, -0.15) is 0 Å². The fourth-order valence-corrected chi connectivity index (χ4v) is 4.05. The van der Waals surface area contributed by atoms with Crippen molar-refractivity contribution in [2.24, 2.45) is 15.7 Å². The zero-order valence-electron chi connectivity index (χ0n) is 19.7. The molecule has 8 heteroatoms. The summed E-state index contributed by atoms with van der Waals surface area (Å²) >= 11 is 0. The Kier molecular flexibility index (Phi) is 7.03. The van der Waals surface area contributed by atoms with E-state index in [-0.39, 0.29) is 5.96 Å². The summed E-state index contributed by atoms with van der Waals surface area (Å²) in [5.41, 5.74) is 7.49. The van der Waals surface area contributed by atoms with Crippen LogP contribution < -0.4 is 11.1 Å². The Balaban J connectivity index is 1.82. The summed E-state index contributed by atoms with van der Waals surface area (Å²) in [5.74, 6) is 0.0335. The second-order valence-electron chi connectivity index (χ2n) is 7.91. The predicted molar refractivity (Wildman–Crippen MR) is 139 cm³/mol. The molecule has 35 heavy (non-hydrogen) atoms. The highest BCUT2D eigenvalue weighted by atomic mass is 16.3. The zero-order valence-corrected chi connectivity index (χ0v) is 19.7. The third-order valence-electron chi connectivity index (χ3n) is 5.74. The zero-order chi connectivity index (χ0) is 24.8. The van der Waals surface area contributed by atoms with Crippen LogP contribution in [-0.2, 0) is 12.1 Å². The average Bonchev–Trinajstić information content (AvgIpc) is 3.27. The number of aromatic nitrogens is 2. The smallest absolute Gasteiger partial charge is 0.258 e. The van der Waals surface area contributed by atoms with Crippen LogP contribution in [0.25, 0.3) is 11.0 Å². The molecule has 0 aliphatic carbocycles. The molecule has 4 rings (SSSR count). The molecule has 1 heterocycles. The number of benzene rings is 3. The lowest BCUT2D eigenvalue weighted by atomic mass is 9.85. The summed E-state index contributed by atoms with van der Waals surface area (Å²) in [6.45, 7) is 4.96. The summed E-state index contributed by atoms with van der Waals surface area (Å²) in [6.07, 6.45) is 1.31. The van der Waals surface area contributed by atoms with Gasteiger partial charge in [0.15, 0.2) is 11.4 Å². The van der Waals surface area contributed by atoms with E-state index in [4.69, 9.17) is 10.7 Å². The first-order chi connectivity index (χ1) is 17.0. The van der Waals surface area contributed by atoms with Crippen molar-refractivity contribution in [2.75, 3.05) is 6.54 Å². The van der Waals surface area contributed by atoms with Gasteiger partial charge in [-0.1, -0.05) is 60.7 Å². The van der Waals surface area contributed by atoms with E-state index < -0.39 is 11.5 Å². The van der Waals surface area contributed by atoms with E-state index in [0.29, 0.717) is 41.1 Å². The number of aliphatic imine (C=N–C) groups is 2. The van der Waals surface area contributed by atoms with E-state index in [1.807, 2.05) is 79.1 Å². The van der Waals surface area contributed by atoms with Gasteiger partial charge >= 0.3 is 0 Å². The topological polar surface area (TPSA) is 118 Å². The van der Waals surface area contributed by atoms with E-state index >= 15 is 0 Å².